The topological polar surface area (TPSA) is 12.9 Å². The summed E-state index contributed by atoms with van der Waals surface area (Å²) in [4.78, 5) is 4.62. The van der Waals surface area contributed by atoms with Crippen molar-refractivity contribution in [1.29, 1.82) is 0 Å². The van der Waals surface area contributed by atoms with Crippen molar-refractivity contribution in [1.82, 2.24) is 4.98 Å². The Morgan fingerprint density at radius 2 is 1.79 bits per heavy atom. The maximum Gasteiger partial charge on any atom is 0.0270 e. The van der Waals surface area contributed by atoms with Gasteiger partial charge in [-0.05, 0) is 30.0 Å². The quantitative estimate of drug-likeness (QED) is 0.730. The fraction of sp³-hybridized carbons (Fsp3) is 0.583. The average molecular weight is 256 g/mol. The maximum absolute atomic E-state index is 4.02. The van der Waals surface area contributed by atoms with Gasteiger partial charge in [-0.15, -0.1) is 0 Å². The number of nitrogens with zero attached hydrogens (tertiary/aromatic N) is 1. The molecule has 0 aliphatic carbocycles. The molecule has 1 aromatic rings. The zero-order valence-electron chi connectivity index (χ0n) is 8.91. The van der Waals surface area contributed by atoms with Gasteiger partial charge < -0.3 is 0 Å². The Labute approximate surface area is 95.1 Å². The average Bonchev–Trinajstić information content (AvgIpc) is 2.21. The number of halogens is 1. The van der Waals surface area contributed by atoms with Gasteiger partial charge in [0.05, 0.1) is 0 Å². The summed E-state index contributed by atoms with van der Waals surface area (Å²) in [5, 5.41) is 0. The molecule has 1 unspecified atom stereocenters. The van der Waals surface area contributed by atoms with Gasteiger partial charge in [-0.25, -0.2) is 0 Å². The minimum Gasteiger partial charge on any atom is -0.265 e. The summed E-state index contributed by atoms with van der Waals surface area (Å²) >= 11 is 3.78. The highest BCUT2D eigenvalue weighted by molar-refractivity contribution is 9.09. The zero-order valence-corrected chi connectivity index (χ0v) is 10.5. The van der Waals surface area contributed by atoms with Crippen LogP contribution in [0.25, 0.3) is 0 Å². The minimum absolute atomic E-state index is 0.597. The lowest BCUT2D eigenvalue weighted by molar-refractivity contribution is 0.475. The molecular weight excluding hydrogens is 238 g/mol. The van der Waals surface area contributed by atoms with Crippen LogP contribution >= 0.6 is 15.9 Å². The molecule has 78 valence electrons. The second-order valence-corrected chi connectivity index (χ2v) is 4.83. The van der Waals surface area contributed by atoms with Crippen LogP contribution < -0.4 is 0 Å². The van der Waals surface area contributed by atoms with Gasteiger partial charge in [-0.3, -0.25) is 4.98 Å². The van der Waals surface area contributed by atoms with E-state index in [4.69, 9.17) is 0 Å². The molecule has 0 spiro atoms. The van der Waals surface area contributed by atoms with E-state index in [1.165, 1.54) is 18.4 Å². The first kappa shape index (κ1) is 11.7. The van der Waals surface area contributed by atoms with Crippen molar-refractivity contribution >= 4 is 15.9 Å². The first-order valence-corrected chi connectivity index (χ1v) is 6.22. The normalized spacial score (nSPS) is 13.1. The number of pyridine rings is 1. The van der Waals surface area contributed by atoms with Gasteiger partial charge in [-0.1, -0.05) is 42.6 Å². The molecule has 1 atom stereocenters. The molecule has 2 heteroatoms. The third kappa shape index (κ3) is 3.41. The van der Waals surface area contributed by atoms with Crippen molar-refractivity contribution in [2.24, 2.45) is 5.92 Å². The summed E-state index contributed by atoms with van der Waals surface area (Å²) < 4.78 is 0. The zero-order chi connectivity index (χ0) is 10.4. The molecule has 0 aliphatic heterocycles. The second-order valence-electron chi connectivity index (χ2n) is 3.65. The molecule has 0 bridgehead atoms. The van der Waals surface area contributed by atoms with E-state index < -0.39 is 0 Å². The van der Waals surface area contributed by atoms with Crippen LogP contribution in [0.1, 0.15) is 32.3 Å². The Hall–Kier alpha value is -0.370. The van der Waals surface area contributed by atoms with Crippen molar-refractivity contribution in [2.75, 3.05) is 0 Å². The van der Waals surface area contributed by atoms with Gasteiger partial charge in [-0.2, -0.15) is 0 Å². The lowest BCUT2D eigenvalue weighted by atomic mass is 9.95. The van der Waals surface area contributed by atoms with Gasteiger partial charge in [0.1, 0.15) is 0 Å². The molecule has 0 amide bonds. The minimum atomic E-state index is 0.597. The highest BCUT2D eigenvalue weighted by atomic mass is 79.9. The number of hydrogen-bond donors (Lipinski definition) is 0. The highest BCUT2D eigenvalue weighted by Gasteiger charge is 2.15. The van der Waals surface area contributed by atoms with Crippen molar-refractivity contribution in [3.8, 4) is 0 Å². The predicted octanol–water partition coefficient (Wildman–Crippen LogP) is 3.82. The van der Waals surface area contributed by atoms with Crippen LogP contribution in [0.2, 0.25) is 0 Å². The van der Waals surface area contributed by atoms with Gasteiger partial charge in [0.15, 0.2) is 0 Å². The molecule has 0 fully saturated rings. The van der Waals surface area contributed by atoms with Crippen LogP contribution in [0.3, 0.4) is 0 Å². The molecule has 1 aromatic heterocycles. The molecule has 14 heavy (non-hydrogen) atoms. The third-order valence-electron chi connectivity index (χ3n) is 2.74. The van der Waals surface area contributed by atoms with Crippen LogP contribution in [0.4, 0.5) is 0 Å². The van der Waals surface area contributed by atoms with Crippen molar-refractivity contribution < 1.29 is 0 Å². The molecule has 0 saturated heterocycles. The SMILES string of the molecule is CCC(CC)C(Br)Cc1ccncc1. The molecule has 0 N–H and O–H groups in total. The Bertz CT molecular complexity index is 244. The van der Waals surface area contributed by atoms with Crippen molar-refractivity contribution in [2.45, 2.75) is 37.9 Å². The largest absolute Gasteiger partial charge is 0.265 e. The van der Waals surface area contributed by atoms with Crippen molar-refractivity contribution in [3.05, 3.63) is 30.1 Å². The third-order valence-corrected chi connectivity index (χ3v) is 3.81. The van der Waals surface area contributed by atoms with E-state index in [-0.39, 0.29) is 0 Å². The molecule has 1 heterocycles. The van der Waals surface area contributed by atoms with E-state index in [0.29, 0.717) is 4.83 Å². The predicted molar refractivity (Wildman–Crippen MR) is 64.7 cm³/mol. The molecule has 0 aliphatic rings. The first-order chi connectivity index (χ1) is 6.77. The van der Waals surface area contributed by atoms with Crippen LogP contribution in [-0.2, 0) is 6.42 Å². The van der Waals surface area contributed by atoms with Crippen LogP contribution in [0, 0.1) is 5.92 Å². The van der Waals surface area contributed by atoms with E-state index in [9.17, 15) is 0 Å². The fourth-order valence-electron chi connectivity index (χ4n) is 1.71. The Kier molecular flexibility index (Phi) is 5.16. The van der Waals surface area contributed by atoms with Gasteiger partial charge in [0, 0.05) is 17.2 Å². The molecule has 0 aromatic carbocycles. The fourth-order valence-corrected chi connectivity index (χ4v) is 2.83. The summed E-state index contributed by atoms with van der Waals surface area (Å²) in [5.41, 5.74) is 1.37. The lowest BCUT2D eigenvalue weighted by Crippen LogP contribution is -2.15. The maximum atomic E-state index is 4.02. The highest BCUT2D eigenvalue weighted by Crippen LogP contribution is 2.23. The summed E-state index contributed by atoms with van der Waals surface area (Å²) in [7, 11) is 0. The number of aromatic nitrogens is 1. The summed E-state index contributed by atoms with van der Waals surface area (Å²) in [6.07, 6.45) is 7.33. The lowest BCUT2D eigenvalue weighted by Gasteiger charge is -2.19. The van der Waals surface area contributed by atoms with Gasteiger partial charge >= 0.3 is 0 Å². The monoisotopic (exact) mass is 255 g/mol. The number of hydrogen-bond acceptors (Lipinski definition) is 1. The van der Waals surface area contributed by atoms with Crippen LogP contribution in [-0.4, -0.2) is 9.81 Å². The summed E-state index contributed by atoms with van der Waals surface area (Å²) in [6, 6.07) is 4.19. The number of rotatable bonds is 5. The summed E-state index contributed by atoms with van der Waals surface area (Å²) in [6.45, 7) is 4.52. The second kappa shape index (κ2) is 6.18. The van der Waals surface area contributed by atoms with Crippen LogP contribution in [0.15, 0.2) is 24.5 Å². The van der Waals surface area contributed by atoms with E-state index in [1.54, 1.807) is 0 Å². The van der Waals surface area contributed by atoms with Crippen molar-refractivity contribution in [3.63, 3.8) is 0 Å². The van der Waals surface area contributed by atoms with E-state index >= 15 is 0 Å². The smallest absolute Gasteiger partial charge is 0.0270 e. The van der Waals surface area contributed by atoms with Crippen LogP contribution in [0.5, 0.6) is 0 Å². The Morgan fingerprint density at radius 1 is 1.21 bits per heavy atom. The molecule has 0 radical (unpaired) electrons. The Balaban J connectivity index is 2.52. The number of alkyl halides is 1. The molecule has 1 rings (SSSR count). The van der Waals surface area contributed by atoms with E-state index in [1.807, 2.05) is 12.4 Å². The Morgan fingerprint density at radius 3 is 2.29 bits per heavy atom. The van der Waals surface area contributed by atoms with E-state index in [2.05, 4.69) is 46.9 Å². The van der Waals surface area contributed by atoms with Gasteiger partial charge in [0.2, 0.25) is 0 Å². The van der Waals surface area contributed by atoms with Gasteiger partial charge in [0.25, 0.3) is 0 Å². The summed E-state index contributed by atoms with van der Waals surface area (Å²) in [5.74, 6) is 0.781. The molecular formula is C12H18BrN. The molecule has 1 nitrogen and oxygen atoms in total. The standard InChI is InChI=1S/C12H18BrN/c1-3-11(4-2)12(13)9-10-5-7-14-8-6-10/h5-8,11-12H,3-4,9H2,1-2H3. The van der Waals surface area contributed by atoms with E-state index in [0.717, 1.165) is 12.3 Å². The molecule has 0 saturated carbocycles. The first-order valence-electron chi connectivity index (χ1n) is 5.30.